The zero-order valence-corrected chi connectivity index (χ0v) is 12.4. The molecule has 0 radical (unpaired) electrons. The van der Waals surface area contributed by atoms with E-state index in [2.05, 4.69) is 26.2 Å². The second-order valence-electron chi connectivity index (χ2n) is 3.60. The van der Waals surface area contributed by atoms with Gasteiger partial charge in [0.05, 0.1) is 18.3 Å². The Morgan fingerprint density at radius 3 is 2.68 bits per heavy atom. The first-order valence-corrected chi connectivity index (χ1v) is 7.06. The van der Waals surface area contributed by atoms with Crippen LogP contribution in [-0.4, -0.2) is 4.98 Å². The molecule has 0 spiro atoms. The number of hydrogen-bond donors (Lipinski definition) is 1. The minimum atomic E-state index is -4.36. The molecule has 0 atom stereocenters. The van der Waals surface area contributed by atoms with Crippen molar-refractivity contribution < 1.29 is 13.2 Å². The number of alkyl halides is 3. The third-order valence-electron chi connectivity index (χ3n) is 2.25. The maximum absolute atomic E-state index is 12.6. The van der Waals surface area contributed by atoms with Gasteiger partial charge in [-0.15, -0.1) is 11.3 Å². The van der Waals surface area contributed by atoms with Gasteiger partial charge in [0, 0.05) is 10.2 Å². The highest BCUT2D eigenvalue weighted by atomic mass is 79.9. The van der Waals surface area contributed by atoms with Crippen molar-refractivity contribution in [3.63, 3.8) is 0 Å². The summed E-state index contributed by atoms with van der Waals surface area (Å²) in [5, 5.41) is 3.60. The summed E-state index contributed by atoms with van der Waals surface area (Å²) in [5.74, 6) is 0. The van der Waals surface area contributed by atoms with Gasteiger partial charge in [-0.1, -0.05) is 11.6 Å². The fraction of sp³-hybridized carbons (Fsp3) is 0.182. The Balaban J connectivity index is 2.15. The average molecular weight is 372 g/mol. The highest BCUT2D eigenvalue weighted by Crippen LogP contribution is 2.34. The van der Waals surface area contributed by atoms with Crippen LogP contribution in [0.25, 0.3) is 0 Å². The van der Waals surface area contributed by atoms with Gasteiger partial charge in [0.2, 0.25) is 0 Å². The standard InChI is InChI=1S/C11H7BrClF3N2S/c12-7-2-1-6(11(14,15)16)3-8(7)17-5-10-18-4-9(13)19-10/h1-4,17H,5H2. The topological polar surface area (TPSA) is 24.9 Å². The molecule has 2 rings (SSSR count). The molecule has 1 N–H and O–H groups in total. The minimum absolute atomic E-state index is 0.317. The lowest BCUT2D eigenvalue weighted by atomic mass is 10.2. The number of benzene rings is 1. The van der Waals surface area contributed by atoms with Crippen LogP contribution < -0.4 is 5.32 Å². The van der Waals surface area contributed by atoms with E-state index in [0.717, 1.165) is 12.1 Å². The van der Waals surface area contributed by atoms with E-state index in [1.54, 1.807) is 0 Å². The molecule has 0 amide bonds. The van der Waals surface area contributed by atoms with Crippen LogP contribution in [0.15, 0.2) is 28.9 Å². The normalized spacial score (nSPS) is 11.6. The molecule has 2 nitrogen and oxygen atoms in total. The smallest absolute Gasteiger partial charge is 0.378 e. The molecule has 0 aliphatic rings. The second kappa shape index (κ2) is 5.68. The number of nitrogens with zero attached hydrogens (tertiary/aromatic N) is 1. The zero-order chi connectivity index (χ0) is 14.0. The maximum Gasteiger partial charge on any atom is 0.416 e. The SMILES string of the molecule is FC(F)(F)c1ccc(Br)c(NCc2ncc(Cl)s2)c1. The summed E-state index contributed by atoms with van der Waals surface area (Å²) in [5.41, 5.74) is -0.337. The Hall–Kier alpha value is -0.790. The number of nitrogens with one attached hydrogen (secondary N) is 1. The van der Waals surface area contributed by atoms with Crippen LogP contribution in [0.1, 0.15) is 10.6 Å². The van der Waals surface area contributed by atoms with Gasteiger partial charge in [-0.2, -0.15) is 13.2 Å². The van der Waals surface area contributed by atoms with E-state index in [9.17, 15) is 13.2 Å². The van der Waals surface area contributed by atoms with Gasteiger partial charge in [0.25, 0.3) is 0 Å². The lowest BCUT2D eigenvalue weighted by Crippen LogP contribution is -2.07. The molecule has 8 heteroatoms. The number of hydrogen-bond acceptors (Lipinski definition) is 3. The van der Waals surface area contributed by atoms with Crippen molar-refractivity contribution in [1.29, 1.82) is 0 Å². The molecule has 0 saturated heterocycles. The fourth-order valence-corrected chi connectivity index (χ4v) is 2.66. The lowest BCUT2D eigenvalue weighted by molar-refractivity contribution is -0.137. The number of anilines is 1. The summed E-state index contributed by atoms with van der Waals surface area (Å²) in [6.45, 7) is 0.317. The van der Waals surface area contributed by atoms with Crippen LogP contribution in [0.2, 0.25) is 4.34 Å². The molecule has 1 heterocycles. The molecule has 102 valence electrons. The monoisotopic (exact) mass is 370 g/mol. The first-order chi connectivity index (χ1) is 8.86. The molecular formula is C11H7BrClF3N2S. The molecule has 19 heavy (non-hydrogen) atoms. The number of thiazole rings is 1. The summed E-state index contributed by atoms with van der Waals surface area (Å²) < 4.78 is 38.9. The molecule has 1 aromatic carbocycles. The summed E-state index contributed by atoms with van der Waals surface area (Å²) >= 11 is 10.2. The van der Waals surface area contributed by atoms with Crippen molar-refractivity contribution in [2.24, 2.45) is 0 Å². The maximum atomic E-state index is 12.6. The zero-order valence-electron chi connectivity index (χ0n) is 9.26. The molecule has 2 aromatic rings. The summed E-state index contributed by atoms with van der Waals surface area (Å²) in [4.78, 5) is 4.02. The van der Waals surface area contributed by atoms with Crippen LogP contribution in [0, 0.1) is 0 Å². The molecule has 0 bridgehead atoms. The van der Waals surface area contributed by atoms with Crippen molar-refractivity contribution in [2.75, 3.05) is 5.32 Å². The highest BCUT2D eigenvalue weighted by molar-refractivity contribution is 9.10. The number of halogens is 5. The van der Waals surface area contributed by atoms with Gasteiger partial charge in [-0.05, 0) is 34.1 Å². The lowest BCUT2D eigenvalue weighted by Gasteiger charge is -2.11. The van der Waals surface area contributed by atoms with Crippen LogP contribution >= 0.6 is 38.9 Å². The van der Waals surface area contributed by atoms with Crippen molar-refractivity contribution in [3.8, 4) is 0 Å². The Labute approximate surface area is 124 Å². The molecule has 0 unspecified atom stereocenters. The van der Waals surface area contributed by atoms with E-state index in [1.165, 1.54) is 23.6 Å². The van der Waals surface area contributed by atoms with Crippen LogP contribution in [0.4, 0.5) is 18.9 Å². The second-order valence-corrected chi connectivity index (χ2v) is 6.20. The fourth-order valence-electron chi connectivity index (χ4n) is 1.38. The Kier molecular flexibility index (Phi) is 4.37. The molecule has 0 aliphatic carbocycles. The van der Waals surface area contributed by atoms with Gasteiger partial charge < -0.3 is 5.32 Å². The Bertz CT molecular complexity index is 586. The highest BCUT2D eigenvalue weighted by Gasteiger charge is 2.30. The van der Waals surface area contributed by atoms with E-state index in [4.69, 9.17) is 11.6 Å². The predicted molar refractivity (Wildman–Crippen MR) is 73.6 cm³/mol. The first kappa shape index (κ1) is 14.6. The first-order valence-electron chi connectivity index (χ1n) is 5.07. The third-order valence-corrected chi connectivity index (χ3v) is 4.06. The summed E-state index contributed by atoms with van der Waals surface area (Å²) in [6, 6.07) is 3.44. The van der Waals surface area contributed by atoms with E-state index in [1.807, 2.05) is 0 Å². The number of rotatable bonds is 3. The molecule has 1 aromatic heterocycles. The van der Waals surface area contributed by atoms with Crippen molar-refractivity contribution >= 4 is 44.6 Å². The molecule has 0 aliphatic heterocycles. The van der Waals surface area contributed by atoms with Crippen LogP contribution in [0.3, 0.4) is 0 Å². The van der Waals surface area contributed by atoms with Gasteiger partial charge >= 0.3 is 6.18 Å². The number of aromatic nitrogens is 1. The van der Waals surface area contributed by atoms with Crippen LogP contribution in [0.5, 0.6) is 0 Å². The van der Waals surface area contributed by atoms with Gasteiger partial charge in [0.15, 0.2) is 0 Å². The molecule has 0 fully saturated rings. The molecule has 0 saturated carbocycles. The van der Waals surface area contributed by atoms with Gasteiger partial charge in [0.1, 0.15) is 9.34 Å². The quantitative estimate of drug-likeness (QED) is 0.803. The summed E-state index contributed by atoms with van der Waals surface area (Å²) in [6.07, 6.45) is -2.86. The Morgan fingerprint density at radius 2 is 2.11 bits per heavy atom. The van der Waals surface area contributed by atoms with E-state index in [-0.39, 0.29) is 0 Å². The summed E-state index contributed by atoms with van der Waals surface area (Å²) in [7, 11) is 0. The van der Waals surface area contributed by atoms with Crippen molar-refractivity contribution in [3.05, 3.63) is 43.8 Å². The van der Waals surface area contributed by atoms with E-state index in [0.29, 0.717) is 26.0 Å². The minimum Gasteiger partial charge on any atom is -0.378 e. The molecular weight excluding hydrogens is 365 g/mol. The van der Waals surface area contributed by atoms with Gasteiger partial charge in [-0.25, -0.2) is 4.98 Å². The van der Waals surface area contributed by atoms with Crippen molar-refractivity contribution in [1.82, 2.24) is 4.98 Å². The van der Waals surface area contributed by atoms with E-state index < -0.39 is 11.7 Å². The predicted octanol–water partition coefficient (Wildman–Crippen LogP) is 5.19. The van der Waals surface area contributed by atoms with Crippen molar-refractivity contribution in [2.45, 2.75) is 12.7 Å². The van der Waals surface area contributed by atoms with Crippen LogP contribution in [-0.2, 0) is 12.7 Å². The average Bonchev–Trinajstić information content (AvgIpc) is 2.72. The van der Waals surface area contributed by atoms with E-state index >= 15 is 0 Å². The third kappa shape index (κ3) is 3.84. The Morgan fingerprint density at radius 1 is 1.37 bits per heavy atom. The van der Waals surface area contributed by atoms with Gasteiger partial charge in [-0.3, -0.25) is 0 Å². The largest absolute Gasteiger partial charge is 0.416 e.